The van der Waals surface area contributed by atoms with Gasteiger partial charge in [0, 0.05) is 43.1 Å². The summed E-state index contributed by atoms with van der Waals surface area (Å²) in [7, 11) is 0. The maximum absolute atomic E-state index is 12.5. The molecule has 1 N–H and O–H groups in total. The fourth-order valence-electron chi connectivity index (χ4n) is 2.38. The summed E-state index contributed by atoms with van der Waals surface area (Å²) in [6.07, 6.45) is 3.42. The van der Waals surface area contributed by atoms with Crippen LogP contribution in [0.25, 0.3) is 0 Å². The van der Waals surface area contributed by atoms with Gasteiger partial charge in [-0.15, -0.1) is 0 Å². The number of hydrogen-bond acceptors (Lipinski definition) is 3. The number of amides is 1. The maximum Gasteiger partial charge on any atom is 0.254 e. The Morgan fingerprint density at radius 3 is 2.65 bits per heavy atom. The van der Waals surface area contributed by atoms with Crippen molar-refractivity contribution in [3.8, 4) is 0 Å². The highest BCUT2D eigenvalue weighted by atomic mass is 16.2. The largest absolute Gasteiger partial charge is 0.331 e. The van der Waals surface area contributed by atoms with E-state index in [-0.39, 0.29) is 18.0 Å². The van der Waals surface area contributed by atoms with Crippen LogP contribution in [0.2, 0.25) is 0 Å². The van der Waals surface area contributed by atoms with E-state index >= 15 is 0 Å². The lowest BCUT2D eigenvalue weighted by Crippen LogP contribution is -2.57. The van der Waals surface area contributed by atoms with Crippen molar-refractivity contribution >= 4 is 5.91 Å². The van der Waals surface area contributed by atoms with Crippen LogP contribution in [-0.4, -0.2) is 41.0 Å². The second-order valence-corrected chi connectivity index (χ2v) is 4.76. The highest BCUT2D eigenvalue weighted by Gasteiger charge is 2.29. The molecule has 17 heavy (non-hydrogen) atoms. The van der Waals surface area contributed by atoms with Crippen LogP contribution < -0.4 is 5.32 Å². The van der Waals surface area contributed by atoms with Gasteiger partial charge in [-0.3, -0.25) is 9.78 Å². The lowest BCUT2D eigenvalue weighted by atomic mass is 10.1. The Hall–Kier alpha value is -1.42. The monoisotopic (exact) mass is 233 g/mol. The SMILES string of the molecule is Cc1cnccc1C(=O)N1C(C)CNCC1C. The van der Waals surface area contributed by atoms with Gasteiger partial charge in [0.25, 0.3) is 5.91 Å². The molecule has 0 saturated carbocycles. The zero-order chi connectivity index (χ0) is 12.4. The number of nitrogens with zero attached hydrogens (tertiary/aromatic N) is 2. The van der Waals surface area contributed by atoms with Crippen molar-refractivity contribution in [2.75, 3.05) is 13.1 Å². The van der Waals surface area contributed by atoms with Crippen molar-refractivity contribution < 1.29 is 4.79 Å². The van der Waals surface area contributed by atoms with Crippen molar-refractivity contribution in [3.05, 3.63) is 29.6 Å². The molecule has 2 heterocycles. The maximum atomic E-state index is 12.5. The van der Waals surface area contributed by atoms with Gasteiger partial charge in [0.2, 0.25) is 0 Å². The molecule has 1 amide bonds. The van der Waals surface area contributed by atoms with Gasteiger partial charge in [-0.1, -0.05) is 0 Å². The molecule has 2 rings (SSSR count). The zero-order valence-electron chi connectivity index (χ0n) is 10.6. The van der Waals surface area contributed by atoms with Crippen LogP contribution in [0.4, 0.5) is 0 Å². The predicted molar refractivity (Wildman–Crippen MR) is 66.9 cm³/mol. The molecule has 0 radical (unpaired) electrons. The number of hydrogen-bond donors (Lipinski definition) is 1. The molecule has 0 aliphatic carbocycles. The number of aryl methyl sites for hydroxylation is 1. The summed E-state index contributed by atoms with van der Waals surface area (Å²) in [6.45, 7) is 7.81. The molecule has 1 aromatic rings. The standard InChI is InChI=1S/C13H19N3O/c1-9-6-14-5-4-12(9)13(17)16-10(2)7-15-8-11(16)3/h4-6,10-11,15H,7-8H2,1-3H3. The quantitative estimate of drug-likeness (QED) is 0.793. The van der Waals surface area contributed by atoms with Crippen molar-refractivity contribution in [2.45, 2.75) is 32.9 Å². The summed E-state index contributed by atoms with van der Waals surface area (Å²) in [5.41, 5.74) is 1.70. The Kier molecular flexibility index (Phi) is 3.43. The third-order valence-electron chi connectivity index (χ3n) is 3.31. The first-order chi connectivity index (χ1) is 8.11. The second kappa shape index (κ2) is 4.84. The Labute approximate surface area is 102 Å². The first-order valence-corrected chi connectivity index (χ1v) is 6.05. The van der Waals surface area contributed by atoms with E-state index in [4.69, 9.17) is 0 Å². The van der Waals surface area contributed by atoms with E-state index in [9.17, 15) is 4.79 Å². The summed E-state index contributed by atoms with van der Waals surface area (Å²) in [5, 5.41) is 3.33. The van der Waals surface area contributed by atoms with Gasteiger partial charge < -0.3 is 10.2 Å². The number of rotatable bonds is 1. The van der Waals surface area contributed by atoms with Crippen molar-refractivity contribution in [3.63, 3.8) is 0 Å². The smallest absolute Gasteiger partial charge is 0.254 e. The van der Waals surface area contributed by atoms with E-state index in [1.165, 1.54) is 0 Å². The fourth-order valence-corrected chi connectivity index (χ4v) is 2.38. The number of nitrogens with one attached hydrogen (secondary N) is 1. The molecule has 92 valence electrons. The van der Waals surface area contributed by atoms with Gasteiger partial charge >= 0.3 is 0 Å². The molecule has 1 aromatic heterocycles. The topological polar surface area (TPSA) is 45.2 Å². The number of carbonyl (C=O) groups is 1. The van der Waals surface area contributed by atoms with Crippen molar-refractivity contribution in [2.24, 2.45) is 0 Å². The highest BCUT2D eigenvalue weighted by Crippen LogP contribution is 2.16. The predicted octanol–water partition coefficient (Wildman–Crippen LogP) is 1.21. The molecular weight excluding hydrogens is 214 g/mol. The van der Waals surface area contributed by atoms with Crippen LogP contribution in [0.3, 0.4) is 0 Å². The van der Waals surface area contributed by atoms with E-state index in [1.54, 1.807) is 18.5 Å². The first-order valence-electron chi connectivity index (χ1n) is 6.05. The van der Waals surface area contributed by atoms with Crippen molar-refractivity contribution in [1.29, 1.82) is 0 Å². The Morgan fingerprint density at radius 1 is 1.41 bits per heavy atom. The van der Waals surface area contributed by atoms with Gasteiger partial charge in [-0.25, -0.2) is 0 Å². The van der Waals surface area contributed by atoms with Gasteiger partial charge in [-0.05, 0) is 32.4 Å². The van der Waals surface area contributed by atoms with Gasteiger partial charge in [0.05, 0.1) is 0 Å². The van der Waals surface area contributed by atoms with E-state index in [1.807, 2.05) is 11.8 Å². The van der Waals surface area contributed by atoms with Crippen LogP contribution in [0.15, 0.2) is 18.5 Å². The lowest BCUT2D eigenvalue weighted by Gasteiger charge is -2.39. The van der Waals surface area contributed by atoms with E-state index in [2.05, 4.69) is 24.1 Å². The normalized spacial score (nSPS) is 24.8. The summed E-state index contributed by atoms with van der Waals surface area (Å²) >= 11 is 0. The Morgan fingerprint density at radius 2 is 2.06 bits per heavy atom. The first kappa shape index (κ1) is 12.0. The minimum absolute atomic E-state index is 0.117. The van der Waals surface area contributed by atoms with E-state index in [0.717, 1.165) is 24.2 Å². The molecule has 1 aliphatic heterocycles. The van der Waals surface area contributed by atoms with Crippen LogP contribution in [0, 0.1) is 6.92 Å². The third-order valence-corrected chi connectivity index (χ3v) is 3.31. The van der Waals surface area contributed by atoms with Crippen molar-refractivity contribution in [1.82, 2.24) is 15.2 Å². The minimum Gasteiger partial charge on any atom is -0.331 e. The van der Waals surface area contributed by atoms with Crippen LogP contribution in [-0.2, 0) is 0 Å². The molecule has 2 unspecified atom stereocenters. The Balaban J connectivity index is 2.27. The summed E-state index contributed by atoms with van der Waals surface area (Å²) < 4.78 is 0. The molecule has 1 fully saturated rings. The van der Waals surface area contributed by atoms with Crippen LogP contribution in [0.5, 0.6) is 0 Å². The van der Waals surface area contributed by atoms with Gasteiger partial charge in [0.1, 0.15) is 0 Å². The molecule has 0 spiro atoms. The fraction of sp³-hybridized carbons (Fsp3) is 0.538. The molecule has 1 saturated heterocycles. The number of piperazine rings is 1. The number of aromatic nitrogens is 1. The number of carbonyl (C=O) groups excluding carboxylic acids is 1. The third kappa shape index (κ3) is 2.31. The average molecular weight is 233 g/mol. The van der Waals surface area contributed by atoms with Crippen LogP contribution in [0.1, 0.15) is 29.8 Å². The number of pyridine rings is 1. The molecule has 2 atom stereocenters. The summed E-state index contributed by atoms with van der Waals surface area (Å²) in [6, 6.07) is 2.27. The van der Waals surface area contributed by atoms with E-state index in [0.29, 0.717) is 0 Å². The van der Waals surface area contributed by atoms with E-state index < -0.39 is 0 Å². The molecular formula is C13H19N3O. The zero-order valence-corrected chi connectivity index (χ0v) is 10.6. The second-order valence-electron chi connectivity index (χ2n) is 4.76. The molecule has 0 bridgehead atoms. The molecule has 1 aliphatic rings. The lowest BCUT2D eigenvalue weighted by molar-refractivity contribution is 0.0543. The van der Waals surface area contributed by atoms with Gasteiger partial charge in [-0.2, -0.15) is 0 Å². The Bertz CT molecular complexity index is 409. The summed E-state index contributed by atoms with van der Waals surface area (Å²) in [5.74, 6) is 0.117. The molecule has 4 nitrogen and oxygen atoms in total. The molecule has 0 aromatic carbocycles. The highest BCUT2D eigenvalue weighted by molar-refractivity contribution is 5.96. The average Bonchev–Trinajstić information content (AvgIpc) is 2.29. The summed E-state index contributed by atoms with van der Waals surface area (Å²) in [4.78, 5) is 18.5. The van der Waals surface area contributed by atoms with Crippen LogP contribution >= 0.6 is 0 Å². The molecule has 4 heteroatoms. The van der Waals surface area contributed by atoms with Gasteiger partial charge in [0.15, 0.2) is 0 Å². The minimum atomic E-state index is 0.117.